The van der Waals surface area contributed by atoms with Crippen LogP contribution in [0.25, 0.3) is 10.9 Å². The molecule has 1 aromatic heterocycles. The summed E-state index contributed by atoms with van der Waals surface area (Å²) >= 11 is 0. The van der Waals surface area contributed by atoms with E-state index in [1.807, 2.05) is 78.9 Å². The molecular weight excluding hydrogens is 789 g/mol. The number of methoxy groups -OCH3 is 1. The van der Waals surface area contributed by atoms with Crippen LogP contribution in [-0.2, 0) is 29.2 Å². The molecular formula is C49H50N4O9. The average Bonchev–Trinajstić information content (AvgIpc) is 3.30. The van der Waals surface area contributed by atoms with Gasteiger partial charge in [-0.2, -0.15) is 0 Å². The number of hydrogen-bond acceptors (Lipinski definition) is 11. The molecule has 6 aromatic rings. The number of aromatic amines is 1. The lowest BCUT2D eigenvalue weighted by atomic mass is 9.86. The lowest BCUT2D eigenvalue weighted by molar-refractivity contribution is -0.0336. The van der Waals surface area contributed by atoms with Crippen molar-refractivity contribution in [3.63, 3.8) is 0 Å². The molecule has 0 radical (unpaired) electrons. The van der Waals surface area contributed by atoms with Gasteiger partial charge in [-0.3, -0.25) is 9.69 Å². The second-order valence-corrected chi connectivity index (χ2v) is 15.8. The van der Waals surface area contributed by atoms with E-state index in [0.29, 0.717) is 46.0 Å². The van der Waals surface area contributed by atoms with E-state index in [1.54, 1.807) is 37.4 Å². The third-order valence-corrected chi connectivity index (χ3v) is 11.7. The van der Waals surface area contributed by atoms with E-state index >= 15 is 0 Å². The number of phenolic OH excluding ortho intramolecular Hbond substituents is 1. The lowest BCUT2D eigenvalue weighted by Gasteiger charge is -2.43. The van der Waals surface area contributed by atoms with Crippen molar-refractivity contribution < 1.29 is 38.7 Å². The number of amides is 1. The highest BCUT2D eigenvalue weighted by Gasteiger charge is 2.37. The number of phenols is 1. The molecule has 1 unspecified atom stereocenters. The fraction of sp³-hybridized carbons (Fsp3) is 0.286. The number of aromatic nitrogens is 1. The number of aliphatic hydroxyl groups is 1. The summed E-state index contributed by atoms with van der Waals surface area (Å²) < 4.78 is 23.4. The molecule has 3 fully saturated rings. The summed E-state index contributed by atoms with van der Waals surface area (Å²) in [4.78, 5) is 43.2. The standard InChI is InChI=1S/C49H50N4O9/c1-59-43-18-12-32(26-50-27-42(55)39-15-17-41(54)47-40(39)16-19-45(56)51-47)24-37(43)30-61-48(57)35-13-10-31(11-14-35)29-60-38-9-5-8-36(25-38)46(34-6-3-2-4-7-34)52-49(58)62-44-28-53-22-20-33(44)21-23-53/h2-19,24-25,33,42,44,46,50,54-55H,20-23,26-30H2,1H3,(H,51,56)(H,52,58)/t42-,44+,46?/m1/s1. The second kappa shape index (κ2) is 19.4. The number of hydrogen-bond donors (Lipinski definition) is 5. The van der Waals surface area contributed by atoms with Gasteiger partial charge in [0.25, 0.3) is 0 Å². The Hall–Kier alpha value is -6.67. The molecule has 5 aromatic carbocycles. The predicted molar refractivity (Wildman–Crippen MR) is 233 cm³/mol. The molecule has 13 heteroatoms. The van der Waals surface area contributed by atoms with Crippen LogP contribution in [0.3, 0.4) is 0 Å². The van der Waals surface area contributed by atoms with Crippen LogP contribution in [0.2, 0.25) is 0 Å². The molecule has 3 aliphatic heterocycles. The second-order valence-electron chi connectivity index (χ2n) is 15.8. The monoisotopic (exact) mass is 838 g/mol. The van der Waals surface area contributed by atoms with E-state index in [2.05, 4.69) is 20.5 Å². The normalized spacial score (nSPS) is 17.8. The number of nitrogens with zero attached hydrogens (tertiary/aromatic N) is 1. The number of pyridine rings is 1. The van der Waals surface area contributed by atoms with Gasteiger partial charge in [0.2, 0.25) is 5.56 Å². The fourth-order valence-corrected chi connectivity index (χ4v) is 8.32. The molecule has 3 aliphatic rings. The zero-order valence-electron chi connectivity index (χ0n) is 34.4. The molecule has 0 spiro atoms. The number of aliphatic hydroxyl groups excluding tert-OH is 1. The first kappa shape index (κ1) is 42.0. The Morgan fingerprint density at radius 3 is 2.39 bits per heavy atom. The number of carbonyl (C=O) groups is 2. The molecule has 5 N–H and O–H groups in total. The van der Waals surface area contributed by atoms with E-state index in [9.17, 15) is 24.6 Å². The van der Waals surface area contributed by atoms with Crippen LogP contribution in [0, 0.1) is 5.92 Å². The van der Waals surface area contributed by atoms with E-state index in [1.165, 1.54) is 12.1 Å². The van der Waals surface area contributed by atoms with Crippen molar-refractivity contribution in [1.82, 2.24) is 20.5 Å². The van der Waals surface area contributed by atoms with Crippen molar-refractivity contribution in [1.29, 1.82) is 0 Å². The first-order chi connectivity index (χ1) is 30.2. The van der Waals surface area contributed by atoms with E-state index in [4.69, 9.17) is 18.9 Å². The van der Waals surface area contributed by atoms with E-state index in [-0.39, 0.29) is 42.7 Å². The van der Waals surface area contributed by atoms with Gasteiger partial charge in [0, 0.05) is 36.7 Å². The Kier molecular flexibility index (Phi) is 13.1. The van der Waals surface area contributed by atoms with Gasteiger partial charge in [-0.05, 0) is 108 Å². The maximum absolute atomic E-state index is 13.3. The van der Waals surface area contributed by atoms with Crippen molar-refractivity contribution >= 4 is 23.0 Å². The molecule has 9 rings (SSSR count). The molecule has 0 aliphatic carbocycles. The summed E-state index contributed by atoms with van der Waals surface area (Å²) in [6.45, 7) is 3.77. The van der Waals surface area contributed by atoms with Crippen LogP contribution in [0.15, 0.2) is 126 Å². The molecule has 62 heavy (non-hydrogen) atoms. The van der Waals surface area contributed by atoms with Crippen molar-refractivity contribution in [3.05, 3.63) is 171 Å². The Balaban J connectivity index is 0.840. The van der Waals surface area contributed by atoms with Crippen LogP contribution >= 0.6 is 0 Å². The summed E-state index contributed by atoms with van der Waals surface area (Å²) in [7, 11) is 1.55. The SMILES string of the molecule is COc1ccc(CNC[C@@H](O)c2ccc(O)c3[nH]c(=O)ccc23)cc1COC(=O)c1ccc(COc2cccc(C(NC(=O)O[C@H]3CN4CCC3CC4)c3ccccc3)c2)cc1. The average molecular weight is 839 g/mol. The number of carbonyl (C=O) groups excluding carboxylic acids is 2. The molecule has 13 nitrogen and oxygen atoms in total. The van der Waals surface area contributed by atoms with Gasteiger partial charge >= 0.3 is 12.1 Å². The maximum Gasteiger partial charge on any atom is 0.408 e. The van der Waals surface area contributed by atoms with Gasteiger partial charge in [-0.15, -0.1) is 0 Å². The molecule has 3 saturated heterocycles. The van der Waals surface area contributed by atoms with Crippen molar-refractivity contribution in [3.8, 4) is 17.2 Å². The number of fused-ring (bicyclic) bond motifs is 4. The Morgan fingerprint density at radius 2 is 1.63 bits per heavy atom. The van der Waals surface area contributed by atoms with Gasteiger partial charge in [0.15, 0.2) is 0 Å². The largest absolute Gasteiger partial charge is 0.506 e. The molecule has 1 amide bonds. The number of H-pyrrole nitrogens is 1. The topological polar surface area (TPSA) is 172 Å². The highest BCUT2D eigenvalue weighted by atomic mass is 16.6. The maximum atomic E-state index is 13.3. The van der Waals surface area contributed by atoms with Gasteiger partial charge in [0.05, 0.1) is 30.3 Å². The number of benzene rings is 5. The van der Waals surface area contributed by atoms with E-state index in [0.717, 1.165) is 54.7 Å². The number of rotatable bonds is 16. The van der Waals surface area contributed by atoms with Crippen molar-refractivity contribution in [2.45, 2.75) is 50.8 Å². The minimum atomic E-state index is -0.912. The number of esters is 1. The first-order valence-electron chi connectivity index (χ1n) is 20.8. The summed E-state index contributed by atoms with van der Waals surface area (Å²) in [5.74, 6) is 1.04. The summed E-state index contributed by atoms with van der Waals surface area (Å²) in [5.41, 5.74) is 5.07. The molecule has 4 heterocycles. The van der Waals surface area contributed by atoms with Crippen LogP contribution in [0.5, 0.6) is 17.2 Å². The summed E-state index contributed by atoms with van der Waals surface area (Å²) in [5, 5.41) is 28.0. The molecule has 320 valence electrons. The zero-order valence-corrected chi connectivity index (χ0v) is 34.4. The smallest absolute Gasteiger partial charge is 0.408 e. The van der Waals surface area contributed by atoms with Gasteiger partial charge in [-0.25, -0.2) is 9.59 Å². The third-order valence-electron chi connectivity index (χ3n) is 11.7. The third kappa shape index (κ3) is 10.1. The number of nitrogens with one attached hydrogen (secondary N) is 3. The summed E-state index contributed by atoms with van der Waals surface area (Å²) in [6, 6.07) is 35.6. The Labute approximate surface area is 359 Å². The quantitative estimate of drug-likeness (QED) is 0.0642. The lowest BCUT2D eigenvalue weighted by Crippen LogP contribution is -2.52. The highest BCUT2D eigenvalue weighted by Crippen LogP contribution is 2.32. The molecule has 2 bridgehead atoms. The fourth-order valence-electron chi connectivity index (χ4n) is 8.32. The number of ether oxygens (including phenoxy) is 4. The number of aromatic hydroxyl groups is 1. The Morgan fingerprint density at radius 1 is 0.855 bits per heavy atom. The highest BCUT2D eigenvalue weighted by molar-refractivity contribution is 5.89. The molecule has 0 saturated carbocycles. The number of piperidine rings is 3. The minimum Gasteiger partial charge on any atom is -0.506 e. The van der Waals surface area contributed by atoms with Crippen LogP contribution in [0.1, 0.15) is 68.7 Å². The van der Waals surface area contributed by atoms with Crippen LogP contribution < -0.4 is 25.7 Å². The summed E-state index contributed by atoms with van der Waals surface area (Å²) in [6.07, 6.45) is 0.674. The van der Waals surface area contributed by atoms with Crippen LogP contribution in [0.4, 0.5) is 4.79 Å². The minimum absolute atomic E-state index is 0.0202. The van der Waals surface area contributed by atoms with Crippen LogP contribution in [-0.4, -0.2) is 71.6 Å². The van der Waals surface area contributed by atoms with Gasteiger partial charge in [0.1, 0.15) is 36.6 Å². The van der Waals surface area contributed by atoms with Gasteiger partial charge in [-0.1, -0.05) is 66.7 Å². The Bertz CT molecular complexity index is 2560. The van der Waals surface area contributed by atoms with Crippen molar-refractivity contribution in [2.24, 2.45) is 5.92 Å². The van der Waals surface area contributed by atoms with Gasteiger partial charge < -0.3 is 44.8 Å². The zero-order chi connectivity index (χ0) is 43.0. The van der Waals surface area contributed by atoms with Crippen molar-refractivity contribution in [2.75, 3.05) is 33.3 Å². The van der Waals surface area contributed by atoms with E-state index < -0.39 is 24.2 Å². The molecule has 3 atom stereocenters. The predicted octanol–water partition coefficient (Wildman–Crippen LogP) is 6.91. The first-order valence-corrected chi connectivity index (χ1v) is 20.8. The number of alkyl carbamates (subject to hydrolysis) is 1.